The van der Waals surface area contributed by atoms with Gasteiger partial charge in [0.25, 0.3) is 0 Å². The lowest BCUT2D eigenvalue weighted by atomic mass is 10.1. The van der Waals surface area contributed by atoms with Crippen molar-refractivity contribution < 1.29 is 19.0 Å². The first-order valence-corrected chi connectivity index (χ1v) is 11.3. The number of hydrogen-bond acceptors (Lipinski definition) is 5. The van der Waals surface area contributed by atoms with Gasteiger partial charge in [-0.25, -0.2) is 9.79 Å². The molecule has 1 aromatic carbocycles. The molecule has 0 atom stereocenters. The van der Waals surface area contributed by atoms with Gasteiger partial charge < -0.3 is 29.7 Å². The van der Waals surface area contributed by atoms with E-state index in [4.69, 9.17) is 19.2 Å². The summed E-state index contributed by atoms with van der Waals surface area (Å²) in [5.74, 6) is 0.808. The second-order valence-electron chi connectivity index (χ2n) is 8.01. The molecule has 180 valence electrons. The van der Waals surface area contributed by atoms with Crippen LogP contribution >= 0.6 is 24.0 Å². The first-order chi connectivity index (χ1) is 15.2. The molecule has 0 saturated carbocycles. The van der Waals surface area contributed by atoms with Crippen molar-refractivity contribution in [3.63, 3.8) is 0 Å². The third kappa shape index (κ3) is 8.74. The van der Waals surface area contributed by atoms with E-state index in [9.17, 15) is 4.79 Å². The Hall–Kier alpha value is -1.59. The molecule has 2 aliphatic heterocycles. The predicted molar refractivity (Wildman–Crippen MR) is 135 cm³/mol. The van der Waals surface area contributed by atoms with Gasteiger partial charge in [-0.3, -0.25) is 0 Å². The zero-order chi connectivity index (χ0) is 21.9. The van der Waals surface area contributed by atoms with Crippen molar-refractivity contribution in [2.75, 3.05) is 40.0 Å². The van der Waals surface area contributed by atoms with E-state index >= 15 is 0 Å². The lowest BCUT2D eigenvalue weighted by Crippen LogP contribution is -2.49. The second-order valence-corrected chi connectivity index (χ2v) is 8.01. The Kier molecular flexibility index (Phi) is 12.1. The highest BCUT2D eigenvalue weighted by Crippen LogP contribution is 2.15. The summed E-state index contributed by atoms with van der Waals surface area (Å²) in [6.45, 7) is 7.05. The maximum Gasteiger partial charge on any atom is 0.409 e. The molecule has 9 heteroatoms. The van der Waals surface area contributed by atoms with Crippen molar-refractivity contribution in [3.05, 3.63) is 35.4 Å². The molecule has 0 aromatic heterocycles. The number of nitrogens with zero attached hydrogens (tertiary/aromatic N) is 2. The number of aliphatic imine (C=N–C) groups is 1. The van der Waals surface area contributed by atoms with Crippen LogP contribution in [0.25, 0.3) is 0 Å². The van der Waals surface area contributed by atoms with Crippen molar-refractivity contribution in [2.24, 2.45) is 4.99 Å². The Balaban J connectivity index is 0.00000363. The Morgan fingerprint density at radius 3 is 2.59 bits per heavy atom. The summed E-state index contributed by atoms with van der Waals surface area (Å²) in [6, 6.07) is 8.72. The molecule has 0 unspecified atom stereocenters. The molecule has 8 nitrogen and oxygen atoms in total. The molecule has 2 aliphatic rings. The summed E-state index contributed by atoms with van der Waals surface area (Å²) >= 11 is 0. The minimum absolute atomic E-state index is 0. The molecule has 0 aliphatic carbocycles. The highest BCUT2D eigenvalue weighted by Gasteiger charge is 2.23. The number of carbonyl (C=O) groups is 1. The number of hydrogen-bond donors (Lipinski definition) is 2. The van der Waals surface area contributed by atoms with E-state index in [0.29, 0.717) is 32.3 Å². The molecule has 0 radical (unpaired) electrons. The van der Waals surface area contributed by atoms with E-state index < -0.39 is 0 Å². The van der Waals surface area contributed by atoms with Crippen LogP contribution in [0.3, 0.4) is 0 Å². The van der Waals surface area contributed by atoms with E-state index in [-0.39, 0.29) is 36.1 Å². The van der Waals surface area contributed by atoms with Gasteiger partial charge >= 0.3 is 6.09 Å². The molecule has 1 amide bonds. The minimum atomic E-state index is -0.250. The minimum Gasteiger partial charge on any atom is -0.453 e. The zero-order valence-corrected chi connectivity index (χ0v) is 21.5. The third-order valence-electron chi connectivity index (χ3n) is 5.68. The summed E-state index contributed by atoms with van der Waals surface area (Å²) in [5, 5.41) is 6.84. The Morgan fingerprint density at radius 1 is 1.19 bits per heavy atom. The van der Waals surface area contributed by atoms with Crippen LogP contribution < -0.4 is 10.6 Å². The van der Waals surface area contributed by atoms with Gasteiger partial charge in [-0.05, 0) is 43.7 Å². The topological polar surface area (TPSA) is 84.4 Å². The fourth-order valence-corrected chi connectivity index (χ4v) is 3.89. The summed E-state index contributed by atoms with van der Waals surface area (Å²) in [5.41, 5.74) is 2.33. The third-order valence-corrected chi connectivity index (χ3v) is 5.68. The SMILES string of the molecule is CCNC(=NCc1cccc(COC2CCOCC2)c1)NC1CCN(C(=O)OC)CC1.I. The largest absolute Gasteiger partial charge is 0.453 e. The van der Waals surface area contributed by atoms with Gasteiger partial charge in [-0.2, -0.15) is 0 Å². The van der Waals surface area contributed by atoms with Gasteiger partial charge in [0, 0.05) is 38.9 Å². The van der Waals surface area contributed by atoms with Gasteiger partial charge in [0.15, 0.2) is 5.96 Å². The monoisotopic (exact) mass is 560 g/mol. The zero-order valence-electron chi connectivity index (χ0n) is 19.2. The van der Waals surface area contributed by atoms with Crippen LogP contribution in [0.15, 0.2) is 29.3 Å². The first kappa shape index (κ1) is 26.7. The maximum atomic E-state index is 11.7. The molecule has 0 bridgehead atoms. The smallest absolute Gasteiger partial charge is 0.409 e. The Morgan fingerprint density at radius 2 is 1.91 bits per heavy atom. The van der Waals surface area contributed by atoms with Crippen LogP contribution in [0.4, 0.5) is 4.79 Å². The summed E-state index contributed by atoms with van der Waals surface area (Å²) in [7, 11) is 1.43. The van der Waals surface area contributed by atoms with E-state index in [1.807, 2.05) is 0 Å². The van der Waals surface area contributed by atoms with E-state index in [1.54, 1.807) is 4.90 Å². The number of guanidine groups is 1. The number of halogens is 1. The standard InChI is InChI=1S/C23H36N4O4.HI/c1-3-24-22(26-20-7-11-27(12-8-20)23(28)29-2)25-16-18-5-4-6-19(15-18)17-31-21-9-13-30-14-10-21;/h4-6,15,20-21H,3,7-14,16-17H2,1-2H3,(H2,24,25,26);1H. The number of carbonyl (C=O) groups excluding carboxylic acids is 1. The highest BCUT2D eigenvalue weighted by molar-refractivity contribution is 14.0. The van der Waals surface area contributed by atoms with Crippen LogP contribution in [0.1, 0.15) is 43.7 Å². The fourth-order valence-electron chi connectivity index (χ4n) is 3.89. The lowest BCUT2D eigenvalue weighted by molar-refractivity contribution is -0.0390. The van der Waals surface area contributed by atoms with Gasteiger partial charge in [-0.1, -0.05) is 24.3 Å². The van der Waals surface area contributed by atoms with Crippen LogP contribution in [0.5, 0.6) is 0 Å². The Bertz CT molecular complexity index is 720. The van der Waals surface area contributed by atoms with E-state index in [2.05, 4.69) is 41.8 Å². The molecular weight excluding hydrogens is 523 g/mol. The molecule has 32 heavy (non-hydrogen) atoms. The van der Waals surface area contributed by atoms with Crippen LogP contribution in [0, 0.1) is 0 Å². The van der Waals surface area contributed by atoms with Gasteiger partial charge in [-0.15, -0.1) is 24.0 Å². The summed E-state index contributed by atoms with van der Waals surface area (Å²) in [4.78, 5) is 18.2. The number of rotatable bonds is 7. The van der Waals surface area contributed by atoms with Gasteiger partial charge in [0.1, 0.15) is 0 Å². The molecule has 2 heterocycles. The maximum absolute atomic E-state index is 11.7. The molecule has 0 spiro atoms. The molecule has 3 rings (SSSR count). The number of piperidine rings is 1. The van der Waals surface area contributed by atoms with Crippen molar-refractivity contribution >= 4 is 36.0 Å². The first-order valence-electron chi connectivity index (χ1n) is 11.3. The molecule has 1 aromatic rings. The number of amides is 1. The van der Waals surface area contributed by atoms with Gasteiger partial charge in [0.2, 0.25) is 0 Å². The van der Waals surface area contributed by atoms with Crippen molar-refractivity contribution in [3.8, 4) is 0 Å². The number of nitrogens with one attached hydrogen (secondary N) is 2. The Labute approximate surface area is 208 Å². The highest BCUT2D eigenvalue weighted by atomic mass is 127. The van der Waals surface area contributed by atoms with Crippen LogP contribution in [0.2, 0.25) is 0 Å². The predicted octanol–water partition coefficient (Wildman–Crippen LogP) is 3.29. The summed E-state index contributed by atoms with van der Waals surface area (Å²) < 4.78 is 16.2. The van der Waals surface area contributed by atoms with Crippen LogP contribution in [-0.4, -0.2) is 69.1 Å². The van der Waals surface area contributed by atoms with E-state index in [1.165, 1.54) is 12.7 Å². The van der Waals surface area contributed by atoms with E-state index in [0.717, 1.165) is 57.0 Å². The molecule has 2 fully saturated rings. The quantitative estimate of drug-likeness (QED) is 0.303. The van der Waals surface area contributed by atoms with Crippen molar-refractivity contribution in [1.82, 2.24) is 15.5 Å². The average molecular weight is 560 g/mol. The van der Waals surface area contributed by atoms with Gasteiger partial charge in [0.05, 0.1) is 26.4 Å². The van der Waals surface area contributed by atoms with Crippen molar-refractivity contribution in [1.29, 1.82) is 0 Å². The second kappa shape index (κ2) is 14.5. The molecular formula is C23H37IN4O4. The number of methoxy groups -OCH3 is 1. The lowest BCUT2D eigenvalue weighted by Gasteiger charge is -2.32. The normalized spacial score (nSPS) is 18.1. The van der Waals surface area contributed by atoms with Crippen LogP contribution in [-0.2, 0) is 27.4 Å². The number of benzene rings is 1. The van der Waals surface area contributed by atoms with Crippen molar-refractivity contribution in [2.45, 2.75) is 57.9 Å². The fraction of sp³-hybridized carbons (Fsp3) is 0.652. The molecule has 2 N–H and O–H groups in total. The average Bonchev–Trinajstić information content (AvgIpc) is 2.82. The number of ether oxygens (including phenoxy) is 3. The number of likely N-dealkylation sites (tertiary alicyclic amines) is 1. The summed E-state index contributed by atoms with van der Waals surface area (Å²) in [6.07, 6.45) is 3.74. The molecule has 2 saturated heterocycles.